The first-order valence-electron chi connectivity index (χ1n) is 4.19. The highest BCUT2D eigenvalue weighted by Gasteiger charge is 2.32. The van der Waals surface area contributed by atoms with Crippen LogP contribution in [0.2, 0.25) is 0 Å². The Morgan fingerprint density at radius 1 is 1.50 bits per heavy atom. The van der Waals surface area contributed by atoms with Gasteiger partial charge in [-0.2, -0.15) is 0 Å². The minimum Gasteiger partial charge on any atom is -0.312 e. The molecule has 1 heterocycles. The van der Waals surface area contributed by atoms with Crippen molar-refractivity contribution in [2.24, 2.45) is 0 Å². The fourth-order valence-corrected chi connectivity index (χ4v) is 2.58. The highest BCUT2D eigenvalue weighted by molar-refractivity contribution is 7.92. The minimum atomic E-state index is -2.65. The van der Waals surface area contributed by atoms with Crippen LogP contribution in [0.3, 0.4) is 0 Å². The van der Waals surface area contributed by atoms with Gasteiger partial charge in [0.25, 0.3) is 0 Å². The molecule has 3 nitrogen and oxygen atoms in total. The van der Waals surface area contributed by atoms with Crippen LogP contribution in [0.15, 0.2) is 12.2 Å². The predicted molar refractivity (Wildman–Crippen MR) is 49.9 cm³/mol. The van der Waals surface area contributed by atoms with Crippen molar-refractivity contribution in [2.75, 3.05) is 18.1 Å². The lowest BCUT2D eigenvalue weighted by Crippen LogP contribution is -2.51. The number of rotatable bonds is 4. The van der Waals surface area contributed by atoms with Crippen molar-refractivity contribution in [1.82, 2.24) is 5.32 Å². The van der Waals surface area contributed by atoms with E-state index in [9.17, 15) is 8.42 Å². The molecule has 0 atom stereocenters. The Morgan fingerprint density at radius 2 is 2.17 bits per heavy atom. The molecule has 1 saturated heterocycles. The molecule has 4 heteroatoms. The van der Waals surface area contributed by atoms with E-state index in [1.165, 1.54) is 0 Å². The van der Waals surface area contributed by atoms with E-state index in [0.29, 0.717) is 11.5 Å². The Labute approximate surface area is 73.8 Å². The molecule has 0 spiro atoms. The maximum absolute atomic E-state index is 10.7. The number of nitrogens with one attached hydrogen (secondary N) is 1. The summed E-state index contributed by atoms with van der Waals surface area (Å²) in [5.41, 5.74) is 0. The van der Waals surface area contributed by atoms with E-state index in [2.05, 4.69) is 11.4 Å². The van der Waals surface area contributed by atoms with Gasteiger partial charge in [-0.15, -0.1) is 0 Å². The Bertz CT molecular complexity index is 244. The quantitative estimate of drug-likeness (QED) is 0.512. The molecule has 0 aromatic carbocycles. The van der Waals surface area contributed by atoms with Gasteiger partial charge < -0.3 is 5.32 Å². The molecule has 0 aromatic heterocycles. The smallest absolute Gasteiger partial charge is 0.153 e. The largest absolute Gasteiger partial charge is 0.312 e. The molecular weight excluding hydrogens is 174 g/mol. The second kappa shape index (κ2) is 4.05. The number of hydrogen-bond acceptors (Lipinski definition) is 3. The van der Waals surface area contributed by atoms with Crippen molar-refractivity contribution in [3.63, 3.8) is 0 Å². The first kappa shape index (κ1) is 9.74. The second-order valence-electron chi connectivity index (χ2n) is 3.09. The van der Waals surface area contributed by atoms with Crippen LogP contribution in [0.1, 0.15) is 13.3 Å². The van der Waals surface area contributed by atoms with E-state index >= 15 is 0 Å². The van der Waals surface area contributed by atoms with Gasteiger partial charge in [-0.25, -0.2) is 8.42 Å². The predicted octanol–water partition coefficient (Wildman–Crippen LogP) is 0.339. The van der Waals surface area contributed by atoms with Gasteiger partial charge >= 0.3 is 0 Å². The molecule has 0 amide bonds. The summed E-state index contributed by atoms with van der Waals surface area (Å²) in [6, 6.07) is 0.209. The van der Waals surface area contributed by atoms with Crippen molar-refractivity contribution in [1.29, 1.82) is 0 Å². The highest BCUT2D eigenvalue weighted by Crippen LogP contribution is 2.09. The van der Waals surface area contributed by atoms with Gasteiger partial charge in [0.05, 0.1) is 11.5 Å². The summed E-state index contributed by atoms with van der Waals surface area (Å²) in [6.07, 6.45) is 5.05. The summed E-state index contributed by atoms with van der Waals surface area (Å²) in [5, 5.41) is 3.18. The lowest BCUT2D eigenvalue weighted by atomic mass is 10.3. The first-order chi connectivity index (χ1) is 5.64. The van der Waals surface area contributed by atoms with Crippen LogP contribution in [0.25, 0.3) is 0 Å². The van der Waals surface area contributed by atoms with E-state index in [1.807, 2.05) is 13.0 Å². The normalized spacial score (nSPS) is 22.8. The minimum absolute atomic E-state index is 0.209. The van der Waals surface area contributed by atoms with Crippen LogP contribution >= 0.6 is 0 Å². The molecule has 0 radical (unpaired) electrons. The fourth-order valence-electron chi connectivity index (χ4n) is 1.22. The van der Waals surface area contributed by atoms with Gasteiger partial charge in [0, 0.05) is 6.04 Å². The third kappa shape index (κ3) is 2.95. The van der Waals surface area contributed by atoms with E-state index < -0.39 is 9.84 Å². The molecule has 70 valence electrons. The SMILES string of the molecule is C/C=C/CCNC1CS(=O)(=O)C1. The molecule has 12 heavy (non-hydrogen) atoms. The molecule has 0 saturated carbocycles. The topological polar surface area (TPSA) is 46.2 Å². The third-order valence-corrected chi connectivity index (χ3v) is 3.71. The van der Waals surface area contributed by atoms with Gasteiger partial charge in [0.15, 0.2) is 9.84 Å². The van der Waals surface area contributed by atoms with Crippen LogP contribution in [-0.4, -0.2) is 32.5 Å². The number of hydrogen-bond donors (Lipinski definition) is 1. The maximum atomic E-state index is 10.7. The molecule has 0 aliphatic carbocycles. The summed E-state index contributed by atoms with van der Waals surface area (Å²) >= 11 is 0. The molecule has 1 fully saturated rings. The van der Waals surface area contributed by atoms with Crippen molar-refractivity contribution in [3.05, 3.63) is 12.2 Å². The lowest BCUT2D eigenvalue weighted by molar-refractivity contribution is 0.515. The zero-order valence-electron chi connectivity index (χ0n) is 7.29. The van der Waals surface area contributed by atoms with Crippen molar-refractivity contribution >= 4 is 9.84 Å². The van der Waals surface area contributed by atoms with Crippen LogP contribution in [0.5, 0.6) is 0 Å². The molecular formula is C8H15NO2S. The summed E-state index contributed by atoms with van der Waals surface area (Å²) < 4.78 is 21.5. The molecule has 0 unspecified atom stereocenters. The van der Waals surface area contributed by atoms with E-state index in [0.717, 1.165) is 13.0 Å². The van der Waals surface area contributed by atoms with Gasteiger partial charge in [-0.1, -0.05) is 12.2 Å². The number of allylic oxidation sites excluding steroid dienone is 1. The van der Waals surface area contributed by atoms with Crippen molar-refractivity contribution in [3.8, 4) is 0 Å². The molecule has 0 bridgehead atoms. The zero-order valence-corrected chi connectivity index (χ0v) is 8.10. The molecule has 1 aliphatic heterocycles. The van der Waals surface area contributed by atoms with E-state index in [-0.39, 0.29) is 6.04 Å². The average Bonchev–Trinajstić information content (AvgIpc) is 1.94. The molecule has 1 N–H and O–H groups in total. The molecule has 1 rings (SSSR count). The molecule has 1 aliphatic rings. The lowest BCUT2D eigenvalue weighted by Gasteiger charge is -2.26. The van der Waals surface area contributed by atoms with E-state index in [4.69, 9.17) is 0 Å². The highest BCUT2D eigenvalue weighted by atomic mass is 32.2. The Hall–Kier alpha value is -0.350. The summed E-state index contributed by atoms with van der Waals surface area (Å²) in [6.45, 7) is 2.86. The van der Waals surface area contributed by atoms with Gasteiger partial charge in [0.1, 0.15) is 0 Å². The molecule has 0 aromatic rings. The van der Waals surface area contributed by atoms with Gasteiger partial charge in [-0.3, -0.25) is 0 Å². The number of sulfone groups is 1. The standard InChI is InChI=1S/C8H15NO2S/c1-2-3-4-5-9-8-6-12(10,11)7-8/h2-3,8-9H,4-7H2,1H3/b3-2+. The van der Waals surface area contributed by atoms with Gasteiger partial charge in [-0.05, 0) is 19.9 Å². The summed E-state index contributed by atoms with van der Waals surface area (Å²) in [7, 11) is -2.65. The van der Waals surface area contributed by atoms with Crippen LogP contribution in [0, 0.1) is 0 Å². The van der Waals surface area contributed by atoms with E-state index in [1.54, 1.807) is 0 Å². The Kier molecular flexibility index (Phi) is 3.29. The summed E-state index contributed by atoms with van der Waals surface area (Å²) in [4.78, 5) is 0. The van der Waals surface area contributed by atoms with Crippen LogP contribution in [-0.2, 0) is 9.84 Å². The van der Waals surface area contributed by atoms with Crippen molar-refractivity contribution < 1.29 is 8.42 Å². The first-order valence-corrected chi connectivity index (χ1v) is 6.01. The van der Waals surface area contributed by atoms with Crippen LogP contribution < -0.4 is 5.32 Å². The monoisotopic (exact) mass is 189 g/mol. The maximum Gasteiger partial charge on any atom is 0.153 e. The second-order valence-corrected chi connectivity index (χ2v) is 5.24. The third-order valence-electron chi connectivity index (χ3n) is 1.89. The Morgan fingerprint density at radius 3 is 2.67 bits per heavy atom. The van der Waals surface area contributed by atoms with Crippen molar-refractivity contribution in [2.45, 2.75) is 19.4 Å². The van der Waals surface area contributed by atoms with Crippen LogP contribution in [0.4, 0.5) is 0 Å². The Balaban J connectivity index is 2.04. The summed E-state index contributed by atoms with van der Waals surface area (Å²) in [5.74, 6) is 0.645. The van der Waals surface area contributed by atoms with Gasteiger partial charge in [0.2, 0.25) is 0 Å². The zero-order chi connectivity index (χ0) is 9.03. The average molecular weight is 189 g/mol. The fraction of sp³-hybridized carbons (Fsp3) is 0.750.